The van der Waals surface area contributed by atoms with E-state index in [1.54, 1.807) is 14.0 Å². The lowest BCUT2D eigenvalue weighted by Crippen LogP contribution is -2.53. The first-order valence-electron chi connectivity index (χ1n) is 6.93. The molecule has 112 valence electrons. The van der Waals surface area contributed by atoms with Gasteiger partial charge in [0.05, 0.1) is 11.6 Å². The van der Waals surface area contributed by atoms with E-state index in [1.807, 2.05) is 26.8 Å². The Labute approximate surface area is 121 Å². The van der Waals surface area contributed by atoms with Gasteiger partial charge < -0.3 is 15.8 Å². The average Bonchev–Trinajstić information content (AvgIpc) is 2.34. The van der Waals surface area contributed by atoms with Gasteiger partial charge in [0.15, 0.2) is 0 Å². The van der Waals surface area contributed by atoms with Gasteiger partial charge in [-0.15, -0.1) is 0 Å². The first-order chi connectivity index (χ1) is 9.19. The average molecular weight is 278 g/mol. The Morgan fingerprint density at radius 3 is 2.50 bits per heavy atom. The lowest BCUT2D eigenvalue weighted by Gasteiger charge is -2.29. The van der Waals surface area contributed by atoms with Crippen LogP contribution in [0.1, 0.15) is 37.0 Å². The number of nitrogens with two attached hydrogens (primary N) is 1. The van der Waals surface area contributed by atoms with Gasteiger partial charge in [-0.25, -0.2) is 0 Å². The minimum absolute atomic E-state index is 0.111. The van der Waals surface area contributed by atoms with Gasteiger partial charge in [-0.3, -0.25) is 4.79 Å². The van der Waals surface area contributed by atoms with Crippen LogP contribution in [0.3, 0.4) is 0 Å². The quantitative estimate of drug-likeness (QED) is 0.838. The highest BCUT2D eigenvalue weighted by molar-refractivity contribution is 5.84. The number of likely N-dealkylation sites (N-methyl/N-ethyl adjacent to an activating group) is 1. The summed E-state index contributed by atoms with van der Waals surface area (Å²) in [5.74, 6) is 0.505. The zero-order valence-corrected chi connectivity index (χ0v) is 13.3. The standard InChI is InChI=1S/C16H26N2O2/c1-10-7-11(2)13(4)14(8-10)20-12(3)9-16(5,18-6)15(17)19/h7-8,12,18H,9H2,1-6H3,(H2,17,19). The summed E-state index contributed by atoms with van der Waals surface area (Å²) in [6.45, 7) is 9.91. The van der Waals surface area contributed by atoms with Crippen LogP contribution in [0, 0.1) is 20.8 Å². The number of hydrogen-bond acceptors (Lipinski definition) is 3. The van der Waals surface area contributed by atoms with Crippen molar-refractivity contribution in [2.45, 2.75) is 52.7 Å². The number of carbonyl (C=O) groups is 1. The van der Waals surface area contributed by atoms with Crippen LogP contribution in [0.2, 0.25) is 0 Å². The molecule has 0 aromatic heterocycles. The van der Waals surface area contributed by atoms with Gasteiger partial charge in [-0.2, -0.15) is 0 Å². The van der Waals surface area contributed by atoms with Crippen molar-refractivity contribution >= 4 is 5.91 Å². The molecule has 0 aliphatic rings. The number of amides is 1. The Balaban J connectivity index is 2.86. The molecule has 1 aromatic rings. The van der Waals surface area contributed by atoms with E-state index in [4.69, 9.17) is 10.5 Å². The molecule has 4 nitrogen and oxygen atoms in total. The van der Waals surface area contributed by atoms with Crippen molar-refractivity contribution in [2.75, 3.05) is 7.05 Å². The Morgan fingerprint density at radius 2 is 2.00 bits per heavy atom. The highest BCUT2D eigenvalue weighted by Gasteiger charge is 2.31. The number of carbonyl (C=O) groups excluding carboxylic acids is 1. The predicted molar refractivity (Wildman–Crippen MR) is 82.0 cm³/mol. The van der Waals surface area contributed by atoms with Crippen LogP contribution in [-0.2, 0) is 4.79 Å². The maximum atomic E-state index is 11.5. The third kappa shape index (κ3) is 3.73. The van der Waals surface area contributed by atoms with Gasteiger partial charge in [-0.1, -0.05) is 6.07 Å². The Hall–Kier alpha value is -1.55. The molecule has 0 radical (unpaired) electrons. The fraction of sp³-hybridized carbons (Fsp3) is 0.562. The smallest absolute Gasteiger partial charge is 0.237 e. The number of primary amides is 1. The highest BCUT2D eigenvalue weighted by Crippen LogP contribution is 2.26. The van der Waals surface area contributed by atoms with Crippen LogP contribution in [-0.4, -0.2) is 24.6 Å². The van der Waals surface area contributed by atoms with Gasteiger partial charge >= 0.3 is 0 Å². The maximum Gasteiger partial charge on any atom is 0.237 e. The van der Waals surface area contributed by atoms with Crippen molar-refractivity contribution < 1.29 is 9.53 Å². The minimum Gasteiger partial charge on any atom is -0.490 e. The molecule has 0 spiro atoms. The van der Waals surface area contributed by atoms with Crippen LogP contribution < -0.4 is 15.8 Å². The zero-order valence-electron chi connectivity index (χ0n) is 13.3. The van der Waals surface area contributed by atoms with E-state index in [1.165, 1.54) is 11.1 Å². The van der Waals surface area contributed by atoms with E-state index in [9.17, 15) is 4.79 Å². The molecule has 1 aromatic carbocycles. The second kappa shape index (κ2) is 6.27. The van der Waals surface area contributed by atoms with Crippen molar-refractivity contribution in [3.05, 3.63) is 28.8 Å². The summed E-state index contributed by atoms with van der Waals surface area (Å²) in [4.78, 5) is 11.5. The molecule has 4 heteroatoms. The van der Waals surface area contributed by atoms with E-state index in [0.29, 0.717) is 6.42 Å². The van der Waals surface area contributed by atoms with Gasteiger partial charge in [0.25, 0.3) is 0 Å². The maximum absolute atomic E-state index is 11.5. The van der Waals surface area contributed by atoms with E-state index < -0.39 is 5.54 Å². The van der Waals surface area contributed by atoms with E-state index >= 15 is 0 Å². The SMILES string of the molecule is CNC(C)(CC(C)Oc1cc(C)cc(C)c1C)C(N)=O. The number of aryl methyl sites for hydroxylation is 2. The minimum atomic E-state index is -0.758. The van der Waals surface area contributed by atoms with E-state index in [0.717, 1.165) is 11.3 Å². The predicted octanol–water partition coefficient (Wildman–Crippen LogP) is 2.23. The van der Waals surface area contributed by atoms with Crippen LogP contribution in [0.4, 0.5) is 0 Å². The lowest BCUT2D eigenvalue weighted by atomic mass is 9.94. The van der Waals surface area contributed by atoms with Crippen LogP contribution in [0.15, 0.2) is 12.1 Å². The summed E-state index contributed by atoms with van der Waals surface area (Å²) < 4.78 is 6.01. The molecule has 0 fully saturated rings. The number of ether oxygens (including phenoxy) is 1. The monoisotopic (exact) mass is 278 g/mol. The molecule has 20 heavy (non-hydrogen) atoms. The molecule has 1 amide bonds. The van der Waals surface area contributed by atoms with Gasteiger partial charge in [0, 0.05) is 6.42 Å². The van der Waals surface area contributed by atoms with Crippen LogP contribution in [0.5, 0.6) is 5.75 Å². The van der Waals surface area contributed by atoms with Gasteiger partial charge in [0.1, 0.15) is 5.75 Å². The molecule has 0 heterocycles. The Kier molecular flexibility index (Phi) is 5.17. The largest absolute Gasteiger partial charge is 0.490 e. The fourth-order valence-corrected chi connectivity index (χ4v) is 2.28. The second-order valence-corrected chi connectivity index (χ2v) is 5.78. The number of rotatable bonds is 6. The lowest BCUT2D eigenvalue weighted by molar-refractivity contribution is -0.124. The first-order valence-corrected chi connectivity index (χ1v) is 6.93. The highest BCUT2D eigenvalue weighted by atomic mass is 16.5. The van der Waals surface area contributed by atoms with Crippen molar-refractivity contribution in [3.63, 3.8) is 0 Å². The number of hydrogen-bond donors (Lipinski definition) is 2. The summed E-state index contributed by atoms with van der Waals surface area (Å²) in [5.41, 5.74) is 8.19. The zero-order chi connectivity index (χ0) is 15.5. The van der Waals surface area contributed by atoms with E-state index in [-0.39, 0.29) is 12.0 Å². The topological polar surface area (TPSA) is 64.3 Å². The molecule has 0 saturated carbocycles. The Bertz CT molecular complexity index is 499. The summed E-state index contributed by atoms with van der Waals surface area (Å²) in [7, 11) is 1.74. The van der Waals surface area contributed by atoms with Crippen LogP contribution >= 0.6 is 0 Å². The summed E-state index contributed by atoms with van der Waals surface area (Å²) in [6, 6.07) is 4.16. The third-order valence-corrected chi connectivity index (χ3v) is 3.88. The molecular formula is C16H26N2O2. The van der Waals surface area contributed by atoms with Crippen molar-refractivity contribution in [3.8, 4) is 5.75 Å². The molecule has 3 N–H and O–H groups in total. The molecule has 0 bridgehead atoms. The Morgan fingerprint density at radius 1 is 1.40 bits per heavy atom. The summed E-state index contributed by atoms with van der Waals surface area (Å²) in [5, 5.41) is 2.98. The molecule has 2 unspecified atom stereocenters. The molecule has 0 aliphatic heterocycles. The molecule has 0 aliphatic carbocycles. The summed E-state index contributed by atoms with van der Waals surface area (Å²) >= 11 is 0. The van der Waals surface area contributed by atoms with Gasteiger partial charge in [-0.05, 0) is 64.4 Å². The van der Waals surface area contributed by atoms with E-state index in [2.05, 4.69) is 18.3 Å². The van der Waals surface area contributed by atoms with Crippen LogP contribution in [0.25, 0.3) is 0 Å². The fourth-order valence-electron chi connectivity index (χ4n) is 2.28. The van der Waals surface area contributed by atoms with Crippen molar-refractivity contribution in [1.29, 1.82) is 0 Å². The first kappa shape index (κ1) is 16.5. The van der Waals surface area contributed by atoms with Crippen molar-refractivity contribution in [2.24, 2.45) is 5.73 Å². The number of nitrogens with one attached hydrogen (secondary N) is 1. The number of benzene rings is 1. The molecule has 0 saturated heterocycles. The molecular weight excluding hydrogens is 252 g/mol. The molecule has 2 atom stereocenters. The normalized spacial score (nSPS) is 15.5. The molecule has 1 rings (SSSR count). The summed E-state index contributed by atoms with van der Waals surface area (Å²) in [6.07, 6.45) is 0.408. The third-order valence-electron chi connectivity index (χ3n) is 3.88. The van der Waals surface area contributed by atoms with Crippen molar-refractivity contribution in [1.82, 2.24) is 5.32 Å². The van der Waals surface area contributed by atoms with Gasteiger partial charge in [0.2, 0.25) is 5.91 Å². The second-order valence-electron chi connectivity index (χ2n) is 5.78.